The Balaban J connectivity index is 2.39. The number of nitrogens with two attached hydrogens (primary N) is 1. The summed E-state index contributed by atoms with van der Waals surface area (Å²) in [5.74, 6) is 0.692. The number of halogens is 3. The molecule has 0 aliphatic carbocycles. The second kappa shape index (κ2) is 5.73. The van der Waals surface area contributed by atoms with Crippen molar-refractivity contribution in [1.82, 2.24) is 0 Å². The number of hydrogen-bond acceptors (Lipinski definition) is 2. The van der Waals surface area contributed by atoms with Crippen LogP contribution in [0.15, 0.2) is 42.5 Å². The summed E-state index contributed by atoms with van der Waals surface area (Å²) in [5, 5.41) is 0. The Morgan fingerprint density at radius 1 is 1.10 bits per heavy atom. The first-order valence-corrected chi connectivity index (χ1v) is 6.44. The molecule has 0 atom stereocenters. The summed E-state index contributed by atoms with van der Waals surface area (Å²) in [7, 11) is 0. The van der Waals surface area contributed by atoms with E-state index in [0.717, 1.165) is 17.7 Å². The molecule has 0 saturated heterocycles. The van der Waals surface area contributed by atoms with Crippen LogP contribution in [0.5, 0.6) is 11.5 Å². The maximum atomic E-state index is 12.7. The van der Waals surface area contributed by atoms with Crippen molar-refractivity contribution in [3.63, 3.8) is 0 Å². The van der Waals surface area contributed by atoms with Gasteiger partial charge in [-0.05, 0) is 37.3 Å². The van der Waals surface area contributed by atoms with E-state index in [1.54, 1.807) is 12.1 Å². The molecular formula is C15H12F3NOS. The van der Waals surface area contributed by atoms with E-state index in [9.17, 15) is 13.2 Å². The summed E-state index contributed by atoms with van der Waals surface area (Å²) in [5.41, 5.74) is 5.77. The van der Waals surface area contributed by atoms with Gasteiger partial charge in [0, 0.05) is 0 Å². The average Bonchev–Trinajstić information content (AvgIpc) is 2.40. The molecule has 0 spiro atoms. The quantitative estimate of drug-likeness (QED) is 0.851. The molecule has 110 valence electrons. The Morgan fingerprint density at radius 2 is 1.71 bits per heavy atom. The molecule has 0 unspecified atom stereocenters. The number of benzene rings is 2. The summed E-state index contributed by atoms with van der Waals surface area (Å²) >= 11 is 4.80. The third-order valence-corrected chi connectivity index (χ3v) is 3.04. The zero-order valence-electron chi connectivity index (χ0n) is 11.1. The van der Waals surface area contributed by atoms with Crippen LogP contribution in [0.1, 0.15) is 16.7 Å². The number of ether oxygens (including phenoxy) is 1. The van der Waals surface area contributed by atoms with Gasteiger partial charge in [-0.2, -0.15) is 13.2 Å². The van der Waals surface area contributed by atoms with Crippen molar-refractivity contribution >= 4 is 17.2 Å². The first-order valence-electron chi connectivity index (χ1n) is 6.03. The highest BCUT2D eigenvalue weighted by Gasteiger charge is 2.31. The Hall–Kier alpha value is -2.08. The highest BCUT2D eigenvalue weighted by atomic mass is 32.1. The van der Waals surface area contributed by atoms with Gasteiger partial charge in [0.05, 0.1) is 11.1 Å². The third kappa shape index (κ3) is 3.72. The highest BCUT2D eigenvalue weighted by Crippen LogP contribution is 2.34. The molecule has 6 heteroatoms. The second-order valence-electron chi connectivity index (χ2n) is 4.49. The summed E-state index contributed by atoms with van der Waals surface area (Å²) in [4.78, 5) is -0.150. The Labute approximate surface area is 125 Å². The van der Waals surface area contributed by atoms with E-state index in [-0.39, 0.29) is 16.3 Å². The lowest BCUT2D eigenvalue weighted by Gasteiger charge is -2.13. The van der Waals surface area contributed by atoms with Crippen molar-refractivity contribution in [3.05, 3.63) is 59.2 Å². The fourth-order valence-corrected chi connectivity index (χ4v) is 1.88. The number of rotatable bonds is 3. The Kier molecular flexibility index (Phi) is 4.18. The monoisotopic (exact) mass is 311 g/mol. The van der Waals surface area contributed by atoms with Crippen molar-refractivity contribution in [2.45, 2.75) is 13.1 Å². The van der Waals surface area contributed by atoms with Crippen LogP contribution in [-0.2, 0) is 6.18 Å². The van der Waals surface area contributed by atoms with Crippen LogP contribution in [-0.4, -0.2) is 4.99 Å². The lowest BCUT2D eigenvalue weighted by atomic mass is 10.1. The molecule has 0 fully saturated rings. The topological polar surface area (TPSA) is 35.2 Å². The molecule has 0 heterocycles. The van der Waals surface area contributed by atoms with Crippen molar-refractivity contribution in [1.29, 1.82) is 0 Å². The first-order chi connectivity index (χ1) is 9.77. The predicted molar refractivity (Wildman–Crippen MR) is 78.6 cm³/mol. The molecule has 0 bridgehead atoms. The van der Waals surface area contributed by atoms with Gasteiger partial charge in [0.2, 0.25) is 0 Å². The van der Waals surface area contributed by atoms with E-state index in [1.807, 2.05) is 19.1 Å². The van der Waals surface area contributed by atoms with Gasteiger partial charge in [-0.25, -0.2) is 0 Å². The van der Waals surface area contributed by atoms with Gasteiger partial charge >= 0.3 is 6.18 Å². The molecule has 0 aliphatic rings. The maximum Gasteiger partial charge on any atom is 0.416 e. The van der Waals surface area contributed by atoms with E-state index < -0.39 is 11.7 Å². The first kappa shape index (κ1) is 15.3. The van der Waals surface area contributed by atoms with Gasteiger partial charge in [0.1, 0.15) is 16.5 Å². The van der Waals surface area contributed by atoms with Crippen molar-refractivity contribution in [2.24, 2.45) is 5.73 Å². The second-order valence-corrected chi connectivity index (χ2v) is 4.93. The minimum atomic E-state index is -4.46. The van der Waals surface area contributed by atoms with Gasteiger partial charge in [0.15, 0.2) is 0 Å². The van der Waals surface area contributed by atoms with Crippen LogP contribution in [0.3, 0.4) is 0 Å². The molecule has 2 aromatic carbocycles. The minimum absolute atomic E-state index is 0.0559. The maximum absolute atomic E-state index is 12.7. The van der Waals surface area contributed by atoms with E-state index in [4.69, 9.17) is 22.7 Å². The zero-order chi connectivity index (χ0) is 15.6. The van der Waals surface area contributed by atoms with E-state index in [2.05, 4.69) is 0 Å². The fourth-order valence-electron chi connectivity index (χ4n) is 1.72. The molecule has 0 radical (unpaired) electrons. The van der Waals surface area contributed by atoms with Crippen LogP contribution in [0, 0.1) is 6.92 Å². The lowest BCUT2D eigenvalue weighted by Crippen LogP contribution is -2.13. The summed E-state index contributed by atoms with van der Waals surface area (Å²) < 4.78 is 43.7. The molecule has 2 rings (SSSR count). The van der Waals surface area contributed by atoms with Crippen LogP contribution >= 0.6 is 12.2 Å². The van der Waals surface area contributed by atoms with Crippen molar-refractivity contribution in [2.75, 3.05) is 0 Å². The van der Waals surface area contributed by atoms with Gasteiger partial charge in [-0.3, -0.25) is 0 Å². The van der Waals surface area contributed by atoms with Crippen LogP contribution in [0.4, 0.5) is 13.2 Å². The average molecular weight is 311 g/mol. The van der Waals surface area contributed by atoms with Gasteiger partial charge in [-0.1, -0.05) is 29.9 Å². The minimum Gasteiger partial charge on any atom is -0.457 e. The molecule has 2 aromatic rings. The molecule has 2 nitrogen and oxygen atoms in total. The van der Waals surface area contributed by atoms with Crippen molar-refractivity contribution < 1.29 is 17.9 Å². The molecule has 2 N–H and O–H groups in total. The third-order valence-electron chi connectivity index (χ3n) is 2.82. The Bertz CT molecular complexity index is 666. The fraction of sp³-hybridized carbons (Fsp3) is 0.133. The van der Waals surface area contributed by atoms with Crippen LogP contribution in [0.2, 0.25) is 0 Å². The zero-order valence-corrected chi connectivity index (χ0v) is 11.9. The summed E-state index contributed by atoms with van der Waals surface area (Å²) in [6, 6.07) is 10.2. The Morgan fingerprint density at radius 3 is 2.24 bits per heavy atom. The van der Waals surface area contributed by atoms with Gasteiger partial charge < -0.3 is 10.5 Å². The lowest BCUT2D eigenvalue weighted by molar-refractivity contribution is -0.137. The standard InChI is InChI=1S/C15H12F3NOS/c1-9-2-5-11(6-3-9)20-13-7-4-10(15(16,17)18)8-12(13)14(19)21/h2-8H,1H3,(H2,19,21). The SMILES string of the molecule is Cc1ccc(Oc2ccc(C(F)(F)F)cc2C(N)=S)cc1. The molecular weight excluding hydrogens is 299 g/mol. The molecule has 0 aromatic heterocycles. The van der Waals surface area contributed by atoms with Gasteiger partial charge in [0.25, 0.3) is 0 Å². The molecule has 0 amide bonds. The van der Waals surface area contributed by atoms with Crippen LogP contribution < -0.4 is 10.5 Å². The smallest absolute Gasteiger partial charge is 0.416 e. The summed E-state index contributed by atoms with van der Waals surface area (Å²) in [6.45, 7) is 1.92. The predicted octanol–water partition coefficient (Wildman–Crippen LogP) is 4.44. The number of hydrogen-bond donors (Lipinski definition) is 1. The van der Waals surface area contributed by atoms with Crippen LogP contribution in [0.25, 0.3) is 0 Å². The molecule has 0 aliphatic heterocycles. The van der Waals surface area contributed by atoms with Crippen molar-refractivity contribution in [3.8, 4) is 11.5 Å². The van der Waals surface area contributed by atoms with Gasteiger partial charge in [-0.15, -0.1) is 0 Å². The normalized spacial score (nSPS) is 11.2. The largest absolute Gasteiger partial charge is 0.457 e. The molecule has 21 heavy (non-hydrogen) atoms. The molecule has 0 saturated carbocycles. The highest BCUT2D eigenvalue weighted by molar-refractivity contribution is 7.80. The van der Waals surface area contributed by atoms with E-state index in [0.29, 0.717) is 5.75 Å². The summed E-state index contributed by atoms with van der Waals surface area (Å²) in [6.07, 6.45) is -4.46. The van der Waals surface area contributed by atoms with E-state index >= 15 is 0 Å². The number of thiocarbonyl (C=S) groups is 1. The van der Waals surface area contributed by atoms with E-state index in [1.165, 1.54) is 6.07 Å². The number of alkyl halides is 3. The number of aryl methyl sites for hydroxylation is 1.